The second-order valence-corrected chi connectivity index (χ2v) is 6.22. The summed E-state index contributed by atoms with van der Waals surface area (Å²) in [7, 11) is 0. The molecular formula is C19H13BrN2O4. The SMILES string of the molecule is O=C(/C=C/c1ccc(-c2ccccc2[N+](=O)[O-])o1)Nc1cccc(Br)c1. The first-order valence-corrected chi connectivity index (χ1v) is 8.40. The summed E-state index contributed by atoms with van der Waals surface area (Å²) < 4.78 is 6.46. The Kier molecular flexibility index (Phi) is 5.28. The van der Waals surface area contributed by atoms with Gasteiger partial charge in [-0.3, -0.25) is 14.9 Å². The molecule has 0 aliphatic rings. The molecule has 7 heteroatoms. The number of nitrogens with one attached hydrogen (secondary N) is 1. The lowest BCUT2D eigenvalue weighted by Crippen LogP contribution is -2.07. The first kappa shape index (κ1) is 17.6. The van der Waals surface area contributed by atoms with Gasteiger partial charge in [-0.05, 0) is 42.5 Å². The van der Waals surface area contributed by atoms with Gasteiger partial charge in [0.05, 0.1) is 10.5 Å². The van der Waals surface area contributed by atoms with E-state index in [9.17, 15) is 14.9 Å². The van der Waals surface area contributed by atoms with E-state index in [2.05, 4.69) is 21.2 Å². The first-order valence-electron chi connectivity index (χ1n) is 7.61. The fourth-order valence-electron chi connectivity index (χ4n) is 2.34. The number of rotatable bonds is 5. The number of para-hydroxylation sites is 1. The summed E-state index contributed by atoms with van der Waals surface area (Å²) >= 11 is 3.34. The molecule has 26 heavy (non-hydrogen) atoms. The van der Waals surface area contributed by atoms with E-state index in [4.69, 9.17) is 4.42 Å². The third kappa shape index (κ3) is 4.25. The number of halogens is 1. The van der Waals surface area contributed by atoms with Crippen molar-refractivity contribution in [3.8, 4) is 11.3 Å². The average molecular weight is 413 g/mol. The number of hydrogen-bond donors (Lipinski definition) is 1. The Hall–Kier alpha value is -3.19. The van der Waals surface area contributed by atoms with Gasteiger partial charge in [0.2, 0.25) is 5.91 Å². The van der Waals surface area contributed by atoms with Gasteiger partial charge >= 0.3 is 0 Å². The molecule has 0 unspecified atom stereocenters. The number of amides is 1. The third-order valence-electron chi connectivity index (χ3n) is 3.48. The Morgan fingerprint density at radius 3 is 2.69 bits per heavy atom. The molecular weight excluding hydrogens is 400 g/mol. The van der Waals surface area contributed by atoms with E-state index in [0.29, 0.717) is 22.8 Å². The highest BCUT2D eigenvalue weighted by atomic mass is 79.9. The van der Waals surface area contributed by atoms with Crippen molar-refractivity contribution < 1.29 is 14.1 Å². The van der Waals surface area contributed by atoms with Gasteiger partial charge in [0.15, 0.2) is 0 Å². The highest BCUT2D eigenvalue weighted by Gasteiger charge is 2.16. The van der Waals surface area contributed by atoms with Crippen LogP contribution in [0.1, 0.15) is 5.76 Å². The third-order valence-corrected chi connectivity index (χ3v) is 3.98. The molecule has 0 saturated heterocycles. The van der Waals surface area contributed by atoms with Gasteiger partial charge in [-0.15, -0.1) is 0 Å². The van der Waals surface area contributed by atoms with Crippen LogP contribution >= 0.6 is 15.9 Å². The number of carbonyl (C=O) groups is 1. The minimum Gasteiger partial charge on any atom is -0.456 e. The Morgan fingerprint density at radius 1 is 1.12 bits per heavy atom. The molecule has 1 N–H and O–H groups in total. The van der Waals surface area contributed by atoms with Crippen LogP contribution in [-0.2, 0) is 4.79 Å². The highest BCUT2D eigenvalue weighted by Crippen LogP contribution is 2.31. The number of anilines is 1. The molecule has 6 nitrogen and oxygen atoms in total. The zero-order chi connectivity index (χ0) is 18.5. The number of nitro groups is 1. The minimum atomic E-state index is -0.460. The van der Waals surface area contributed by atoms with Crippen LogP contribution in [-0.4, -0.2) is 10.8 Å². The summed E-state index contributed by atoms with van der Waals surface area (Å²) in [6, 6.07) is 16.8. The van der Waals surface area contributed by atoms with Crippen LogP contribution in [0.25, 0.3) is 17.4 Å². The molecule has 0 atom stereocenters. The van der Waals surface area contributed by atoms with E-state index in [0.717, 1.165) is 4.47 Å². The van der Waals surface area contributed by atoms with Crippen molar-refractivity contribution in [3.63, 3.8) is 0 Å². The molecule has 2 aromatic carbocycles. The predicted molar refractivity (Wildman–Crippen MR) is 103 cm³/mol. The Balaban J connectivity index is 1.73. The highest BCUT2D eigenvalue weighted by molar-refractivity contribution is 9.10. The van der Waals surface area contributed by atoms with Crippen LogP contribution in [0.2, 0.25) is 0 Å². The average Bonchev–Trinajstić information content (AvgIpc) is 3.09. The van der Waals surface area contributed by atoms with Crippen LogP contribution in [0.3, 0.4) is 0 Å². The molecule has 0 aliphatic carbocycles. The van der Waals surface area contributed by atoms with Gasteiger partial charge < -0.3 is 9.73 Å². The van der Waals surface area contributed by atoms with Gasteiger partial charge in [-0.25, -0.2) is 0 Å². The van der Waals surface area contributed by atoms with Crippen molar-refractivity contribution in [1.29, 1.82) is 0 Å². The molecule has 0 radical (unpaired) electrons. The van der Waals surface area contributed by atoms with Crippen molar-refractivity contribution in [2.45, 2.75) is 0 Å². The summed E-state index contributed by atoms with van der Waals surface area (Å²) in [5.41, 5.74) is 1.01. The van der Waals surface area contributed by atoms with Gasteiger partial charge in [0, 0.05) is 22.3 Å². The van der Waals surface area contributed by atoms with Gasteiger partial charge in [0.25, 0.3) is 5.69 Å². The lowest BCUT2D eigenvalue weighted by Gasteiger charge is -2.01. The maximum absolute atomic E-state index is 12.0. The van der Waals surface area contributed by atoms with Gasteiger partial charge in [-0.1, -0.05) is 34.1 Å². The largest absolute Gasteiger partial charge is 0.456 e. The van der Waals surface area contributed by atoms with Crippen molar-refractivity contribution in [2.24, 2.45) is 0 Å². The monoisotopic (exact) mass is 412 g/mol. The van der Waals surface area contributed by atoms with E-state index in [1.807, 2.05) is 12.1 Å². The molecule has 1 amide bonds. The molecule has 3 aromatic rings. The van der Waals surface area contributed by atoms with Crippen LogP contribution in [0.15, 0.2) is 75.6 Å². The summed E-state index contributed by atoms with van der Waals surface area (Å²) in [6.45, 7) is 0. The number of carbonyl (C=O) groups excluding carboxylic acids is 1. The van der Waals surface area contributed by atoms with Crippen LogP contribution in [0, 0.1) is 10.1 Å². The fraction of sp³-hybridized carbons (Fsp3) is 0. The van der Waals surface area contributed by atoms with E-state index in [-0.39, 0.29) is 11.6 Å². The second kappa shape index (κ2) is 7.79. The van der Waals surface area contributed by atoms with Crippen LogP contribution in [0.5, 0.6) is 0 Å². The smallest absolute Gasteiger partial charge is 0.280 e. The summed E-state index contributed by atoms with van der Waals surface area (Å²) in [6.07, 6.45) is 2.84. The minimum absolute atomic E-state index is 0.0372. The van der Waals surface area contributed by atoms with E-state index >= 15 is 0 Å². The van der Waals surface area contributed by atoms with E-state index in [1.54, 1.807) is 42.5 Å². The number of hydrogen-bond acceptors (Lipinski definition) is 4. The molecule has 3 rings (SSSR count). The summed E-state index contributed by atoms with van der Waals surface area (Å²) in [5.74, 6) is 0.471. The first-order chi connectivity index (χ1) is 12.5. The Bertz CT molecular complexity index is 994. The van der Waals surface area contributed by atoms with Crippen molar-refractivity contribution in [1.82, 2.24) is 0 Å². The van der Waals surface area contributed by atoms with Gasteiger partial charge in [0.1, 0.15) is 11.5 Å². The quantitative estimate of drug-likeness (QED) is 0.351. The van der Waals surface area contributed by atoms with E-state index < -0.39 is 4.92 Å². The number of furan rings is 1. The van der Waals surface area contributed by atoms with Gasteiger partial charge in [-0.2, -0.15) is 0 Å². The zero-order valence-electron chi connectivity index (χ0n) is 13.4. The Morgan fingerprint density at radius 2 is 1.92 bits per heavy atom. The number of nitro benzene ring substituents is 1. The maximum atomic E-state index is 12.0. The van der Waals surface area contributed by atoms with Crippen molar-refractivity contribution in [3.05, 3.63) is 87.1 Å². The molecule has 0 bridgehead atoms. The zero-order valence-corrected chi connectivity index (χ0v) is 15.0. The maximum Gasteiger partial charge on any atom is 0.280 e. The van der Waals surface area contributed by atoms with Crippen LogP contribution < -0.4 is 5.32 Å². The topological polar surface area (TPSA) is 85.4 Å². The lowest BCUT2D eigenvalue weighted by molar-refractivity contribution is -0.384. The Labute approximate surface area is 157 Å². The molecule has 1 aromatic heterocycles. The molecule has 130 valence electrons. The normalized spacial score (nSPS) is 10.8. The molecule has 0 saturated carbocycles. The van der Waals surface area contributed by atoms with Crippen molar-refractivity contribution in [2.75, 3.05) is 5.32 Å². The standard InChI is InChI=1S/C19H13BrN2O4/c20-13-4-3-5-14(12-13)21-19(23)11-9-15-8-10-18(26-15)16-6-1-2-7-17(16)22(24)25/h1-12H,(H,21,23)/b11-9+. The molecule has 0 fully saturated rings. The molecule has 0 spiro atoms. The predicted octanol–water partition coefficient (Wildman–Crippen LogP) is 5.27. The number of benzene rings is 2. The molecule has 1 heterocycles. The fourth-order valence-corrected chi connectivity index (χ4v) is 2.74. The second-order valence-electron chi connectivity index (χ2n) is 5.31. The van der Waals surface area contributed by atoms with Crippen LogP contribution in [0.4, 0.5) is 11.4 Å². The molecule has 0 aliphatic heterocycles. The van der Waals surface area contributed by atoms with E-state index in [1.165, 1.54) is 18.2 Å². The summed E-state index contributed by atoms with van der Waals surface area (Å²) in [4.78, 5) is 22.6. The summed E-state index contributed by atoms with van der Waals surface area (Å²) in [5, 5.41) is 13.8. The number of nitrogens with zero attached hydrogens (tertiary/aromatic N) is 1. The van der Waals surface area contributed by atoms with Crippen molar-refractivity contribution >= 4 is 39.3 Å². The lowest BCUT2D eigenvalue weighted by atomic mass is 10.1.